The number of rotatable bonds is 2. The minimum absolute atomic E-state index is 0.181. The van der Waals surface area contributed by atoms with Crippen LogP contribution in [0.2, 0.25) is 0 Å². The van der Waals surface area contributed by atoms with Crippen LogP contribution < -0.4 is 11.4 Å². The molecule has 0 aliphatic carbocycles. The second-order valence-corrected chi connectivity index (χ2v) is 5.30. The van der Waals surface area contributed by atoms with Crippen molar-refractivity contribution in [2.75, 3.05) is 39.1 Å². The quantitative estimate of drug-likeness (QED) is 0.771. The van der Waals surface area contributed by atoms with E-state index in [9.17, 15) is 4.79 Å². The van der Waals surface area contributed by atoms with Gasteiger partial charge in [-0.05, 0) is 19.2 Å². The lowest BCUT2D eigenvalue weighted by atomic mass is 10.2. The number of hydrogen-bond acceptors (Lipinski definition) is 5. The van der Waals surface area contributed by atoms with Gasteiger partial charge in [0.1, 0.15) is 5.82 Å². The van der Waals surface area contributed by atoms with E-state index in [-0.39, 0.29) is 5.56 Å². The van der Waals surface area contributed by atoms with Crippen molar-refractivity contribution >= 4 is 10.9 Å². The summed E-state index contributed by atoms with van der Waals surface area (Å²) in [6, 6.07) is 7.32. The second kappa shape index (κ2) is 5.22. The fraction of sp³-hybridized carbons (Fsp3) is 0.429. The van der Waals surface area contributed by atoms with Crippen LogP contribution in [0.5, 0.6) is 0 Å². The monoisotopic (exact) mass is 273 g/mol. The minimum Gasteiger partial charge on any atom is -0.335 e. The van der Waals surface area contributed by atoms with E-state index in [1.807, 2.05) is 18.2 Å². The number of nitrogens with zero attached hydrogens (tertiary/aromatic N) is 4. The highest BCUT2D eigenvalue weighted by Crippen LogP contribution is 2.09. The largest absolute Gasteiger partial charge is 0.335 e. The number of fused-ring (bicyclic) bond motifs is 1. The average Bonchev–Trinajstić information content (AvgIpc) is 2.47. The molecule has 1 aromatic heterocycles. The summed E-state index contributed by atoms with van der Waals surface area (Å²) < 4.78 is 1.18. The Hall–Kier alpha value is -1.92. The van der Waals surface area contributed by atoms with Crippen LogP contribution in [0.4, 0.5) is 0 Å². The molecule has 1 saturated heterocycles. The lowest BCUT2D eigenvalue weighted by molar-refractivity contribution is 0.144. The average molecular weight is 273 g/mol. The number of aromatic nitrogens is 2. The van der Waals surface area contributed by atoms with Crippen LogP contribution in [0.3, 0.4) is 0 Å². The number of benzene rings is 1. The van der Waals surface area contributed by atoms with Crippen molar-refractivity contribution in [2.24, 2.45) is 0 Å². The van der Waals surface area contributed by atoms with Gasteiger partial charge in [-0.15, -0.1) is 0 Å². The first-order valence-corrected chi connectivity index (χ1v) is 6.82. The van der Waals surface area contributed by atoms with Gasteiger partial charge in [0.2, 0.25) is 0 Å². The van der Waals surface area contributed by atoms with E-state index in [4.69, 9.17) is 5.84 Å². The molecular formula is C14H19N5O. The predicted molar refractivity (Wildman–Crippen MR) is 78.9 cm³/mol. The van der Waals surface area contributed by atoms with Gasteiger partial charge in [0.05, 0.1) is 17.4 Å². The van der Waals surface area contributed by atoms with E-state index >= 15 is 0 Å². The number of piperazine rings is 1. The smallest absolute Gasteiger partial charge is 0.279 e. The normalized spacial score (nSPS) is 17.6. The molecule has 0 unspecified atom stereocenters. The third kappa shape index (κ3) is 2.39. The molecule has 0 amide bonds. The fourth-order valence-electron chi connectivity index (χ4n) is 2.51. The van der Waals surface area contributed by atoms with Crippen LogP contribution in [0.1, 0.15) is 5.82 Å². The van der Waals surface area contributed by atoms with Gasteiger partial charge in [-0.1, -0.05) is 12.1 Å². The summed E-state index contributed by atoms with van der Waals surface area (Å²) in [6.45, 7) is 4.62. The molecule has 0 radical (unpaired) electrons. The first-order chi connectivity index (χ1) is 9.65. The number of nitrogen functional groups attached to an aromatic ring is 1. The zero-order valence-electron chi connectivity index (χ0n) is 11.6. The molecule has 1 aliphatic heterocycles. The van der Waals surface area contributed by atoms with Gasteiger partial charge in [0.25, 0.3) is 5.56 Å². The fourth-order valence-corrected chi connectivity index (χ4v) is 2.51. The summed E-state index contributed by atoms with van der Waals surface area (Å²) in [5.41, 5.74) is 0.531. The van der Waals surface area contributed by atoms with Gasteiger partial charge < -0.3 is 10.7 Å². The van der Waals surface area contributed by atoms with E-state index in [1.54, 1.807) is 6.07 Å². The summed E-state index contributed by atoms with van der Waals surface area (Å²) >= 11 is 0. The molecule has 6 heteroatoms. The molecule has 1 fully saturated rings. The molecule has 0 spiro atoms. The van der Waals surface area contributed by atoms with E-state index in [0.717, 1.165) is 26.2 Å². The number of nitrogens with two attached hydrogens (primary N) is 1. The van der Waals surface area contributed by atoms with Crippen molar-refractivity contribution in [3.63, 3.8) is 0 Å². The lowest BCUT2D eigenvalue weighted by Crippen LogP contribution is -2.45. The molecule has 106 valence electrons. The Kier molecular flexibility index (Phi) is 3.42. The van der Waals surface area contributed by atoms with Gasteiger partial charge in [0, 0.05) is 26.2 Å². The molecule has 20 heavy (non-hydrogen) atoms. The summed E-state index contributed by atoms with van der Waals surface area (Å²) in [7, 11) is 2.12. The van der Waals surface area contributed by atoms with Gasteiger partial charge in [-0.2, -0.15) is 0 Å². The van der Waals surface area contributed by atoms with Crippen molar-refractivity contribution in [3.8, 4) is 0 Å². The maximum Gasteiger partial charge on any atom is 0.279 e. The summed E-state index contributed by atoms with van der Waals surface area (Å²) in [5, 5.41) is 0.567. The lowest BCUT2D eigenvalue weighted by Gasteiger charge is -2.32. The standard InChI is InChI=1S/C14H19N5O/c1-17-6-8-18(9-7-17)10-13-16-12-5-3-2-4-11(12)14(20)19(13)15/h2-5H,6-10,15H2,1H3. The SMILES string of the molecule is CN1CCN(Cc2nc3ccccc3c(=O)n2N)CC1. The predicted octanol–water partition coefficient (Wildman–Crippen LogP) is -0.142. The summed E-state index contributed by atoms with van der Waals surface area (Å²) in [6.07, 6.45) is 0. The van der Waals surface area contributed by atoms with Crippen LogP contribution in [0.15, 0.2) is 29.1 Å². The molecule has 2 aromatic rings. The third-order valence-electron chi connectivity index (χ3n) is 3.84. The van der Waals surface area contributed by atoms with Crippen LogP contribution in [0, 0.1) is 0 Å². The molecule has 1 aromatic carbocycles. The topological polar surface area (TPSA) is 67.4 Å². The van der Waals surface area contributed by atoms with Crippen LogP contribution in [0.25, 0.3) is 10.9 Å². The van der Waals surface area contributed by atoms with Crippen molar-refractivity contribution in [3.05, 3.63) is 40.4 Å². The summed E-state index contributed by atoms with van der Waals surface area (Å²) in [5.74, 6) is 6.52. The highest BCUT2D eigenvalue weighted by molar-refractivity contribution is 5.77. The molecule has 2 N–H and O–H groups in total. The van der Waals surface area contributed by atoms with E-state index in [1.165, 1.54) is 4.68 Å². The Balaban J connectivity index is 1.92. The Morgan fingerprint density at radius 2 is 1.90 bits per heavy atom. The molecule has 0 atom stereocenters. The molecule has 3 rings (SSSR count). The van der Waals surface area contributed by atoms with E-state index in [2.05, 4.69) is 21.8 Å². The maximum absolute atomic E-state index is 12.2. The highest BCUT2D eigenvalue weighted by atomic mass is 16.1. The molecular weight excluding hydrogens is 254 g/mol. The highest BCUT2D eigenvalue weighted by Gasteiger charge is 2.17. The zero-order valence-corrected chi connectivity index (χ0v) is 11.6. The first kappa shape index (κ1) is 13.1. The molecule has 1 aliphatic rings. The van der Waals surface area contributed by atoms with Gasteiger partial charge in [-0.25, -0.2) is 9.66 Å². The first-order valence-electron chi connectivity index (χ1n) is 6.82. The maximum atomic E-state index is 12.2. The second-order valence-electron chi connectivity index (χ2n) is 5.30. The Morgan fingerprint density at radius 3 is 2.65 bits per heavy atom. The van der Waals surface area contributed by atoms with Crippen molar-refractivity contribution in [1.82, 2.24) is 19.5 Å². The molecule has 0 bridgehead atoms. The van der Waals surface area contributed by atoms with Gasteiger partial charge >= 0.3 is 0 Å². The molecule has 6 nitrogen and oxygen atoms in total. The third-order valence-corrected chi connectivity index (χ3v) is 3.84. The zero-order chi connectivity index (χ0) is 14.1. The van der Waals surface area contributed by atoms with Crippen molar-refractivity contribution in [2.45, 2.75) is 6.54 Å². The van der Waals surface area contributed by atoms with E-state index < -0.39 is 0 Å². The Bertz CT molecular complexity index is 673. The van der Waals surface area contributed by atoms with Crippen LogP contribution in [-0.4, -0.2) is 52.7 Å². The van der Waals surface area contributed by atoms with Crippen LogP contribution >= 0.6 is 0 Å². The number of para-hydroxylation sites is 1. The number of likely N-dealkylation sites (N-methyl/N-ethyl adjacent to an activating group) is 1. The molecule has 2 heterocycles. The molecule has 0 saturated carbocycles. The van der Waals surface area contributed by atoms with Crippen molar-refractivity contribution < 1.29 is 0 Å². The van der Waals surface area contributed by atoms with Gasteiger partial charge in [-0.3, -0.25) is 9.69 Å². The van der Waals surface area contributed by atoms with Gasteiger partial charge in [0.15, 0.2) is 0 Å². The van der Waals surface area contributed by atoms with Crippen LogP contribution in [-0.2, 0) is 6.54 Å². The minimum atomic E-state index is -0.181. The Morgan fingerprint density at radius 1 is 1.20 bits per heavy atom. The van der Waals surface area contributed by atoms with E-state index in [0.29, 0.717) is 23.3 Å². The summed E-state index contributed by atoms with van der Waals surface area (Å²) in [4.78, 5) is 21.3. The van der Waals surface area contributed by atoms with Crippen molar-refractivity contribution in [1.29, 1.82) is 0 Å². The Labute approximate surface area is 117 Å². The number of hydrogen-bond donors (Lipinski definition) is 1.